The number of fused-ring (bicyclic) bond motifs is 1. The Morgan fingerprint density at radius 1 is 1.44 bits per heavy atom. The lowest BCUT2D eigenvalue weighted by Gasteiger charge is -2.24. The van der Waals surface area contributed by atoms with Crippen LogP contribution in [-0.4, -0.2) is 40.4 Å². The summed E-state index contributed by atoms with van der Waals surface area (Å²) in [4.78, 5) is 2.61. The average molecular weight is 313 g/mol. The Morgan fingerprint density at radius 2 is 2.22 bits per heavy atom. The van der Waals surface area contributed by atoms with Gasteiger partial charge in [-0.05, 0) is 54.7 Å². The van der Waals surface area contributed by atoms with Gasteiger partial charge in [0.15, 0.2) is 0 Å². The highest BCUT2D eigenvalue weighted by atomic mass is 79.9. The van der Waals surface area contributed by atoms with E-state index in [1.807, 2.05) is 11.7 Å². The van der Waals surface area contributed by atoms with Crippen molar-refractivity contribution >= 4 is 15.9 Å². The molecule has 18 heavy (non-hydrogen) atoms. The van der Waals surface area contributed by atoms with Gasteiger partial charge in [0.25, 0.3) is 0 Å². The maximum atomic E-state index is 4.48. The summed E-state index contributed by atoms with van der Waals surface area (Å²) in [5.74, 6) is 1.67. The van der Waals surface area contributed by atoms with Crippen molar-refractivity contribution in [2.45, 2.75) is 26.4 Å². The van der Waals surface area contributed by atoms with E-state index in [-0.39, 0.29) is 0 Å². The fourth-order valence-electron chi connectivity index (χ4n) is 3.51. The van der Waals surface area contributed by atoms with Gasteiger partial charge in [0.05, 0.1) is 15.9 Å². The van der Waals surface area contributed by atoms with Crippen molar-refractivity contribution in [3.63, 3.8) is 0 Å². The summed E-state index contributed by atoms with van der Waals surface area (Å²) in [5, 5.41) is 7.99. The third-order valence-corrected chi connectivity index (χ3v) is 5.70. The third kappa shape index (κ3) is 1.92. The molecule has 1 aromatic heterocycles. The summed E-state index contributed by atoms with van der Waals surface area (Å²) in [7, 11) is 2.04. The zero-order chi connectivity index (χ0) is 12.9. The summed E-state index contributed by atoms with van der Waals surface area (Å²) >= 11 is 3.67. The quantitative estimate of drug-likeness (QED) is 0.899. The van der Waals surface area contributed by atoms with Gasteiger partial charge in [0.1, 0.15) is 0 Å². The lowest BCUT2D eigenvalue weighted by molar-refractivity contribution is 0.225. The van der Waals surface area contributed by atoms with Crippen LogP contribution in [0.1, 0.15) is 18.3 Å². The second-order valence-corrected chi connectivity index (χ2v) is 6.51. The van der Waals surface area contributed by atoms with Gasteiger partial charge in [-0.3, -0.25) is 9.58 Å². The van der Waals surface area contributed by atoms with Crippen molar-refractivity contribution in [2.24, 2.45) is 18.9 Å². The molecule has 3 unspecified atom stereocenters. The predicted octanol–water partition coefficient (Wildman–Crippen LogP) is 1.53. The van der Waals surface area contributed by atoms with Crippen LogP contribution in [0.25, 0.3) is 0 Å². The molecular weight excluding hydrogens is 292 g/mol. The molecule has 0 bridgehead atoms. The molecule has 0 aliphatic carbocycles. The summed E-state index contributed by atoms with van der Waals surface area (Å²) in [6.45, 7) is 9.03. The smallest absolute Gasteiger partial charge is 0.0739 e. The molecule has 0 aromatic carbocycles. The van der Waals surface area contributed by atoms with E-state index in [1.54, 1.807) is 0 Å². The molecule has 3 rings (SSSR count). The molecule has 4 nitrogen and oxygen atoms in total. The minimum absolute atomic E-state index is 0.673. The molecule has 2 aliphatic rings. The van der Waals surface area contributed by atoms with Crippen LogP contribution < -0.4 is 5.32 Å². The van der Waals surface area contributed by atoms with E-state index in [0.717, 1.165) is 24.1 Å². The fraction of sp³-hybridized carbons (Fsp3) is 0.769. The Morgan fingerprint density at radius 3 is 2.83 bits per heavy atom. The van der Waals surface area contributed by atoms with Gasteiger partial charge in [-0.15, -0.1) is 0 Å². The van der Waals surface area contributed by atoms with Crippen molar-refractivity contribution in [1.29, 1.82) is 0 Å². The van der Waals surface area contributed by atoms with Crippen molar-refractivity contribution in [2.75, 3.05) is 19.6 Å². The summed E-state index contributed by atoms with van der Waals surface area (Å²) in [6, 6.07) is 0.673. The number of hydrogen-bond donors (Lipinski definition) is 1. The standard InChI is InChI=1S/C13H21BrN4/c1-8-13(14)12(17(3)16-8)7-18-6-10-4-15-5-11(10)9(18)2/h9-11,15H,4-7H2,1-3H3. The number of hydrogen-bond acceptors (Lipinski definition) is 3. The van der Waals surface area contributed by atoms with E-state index in [9.17, 15) is 0 Å². The number of halogens is 1. The van der Waals surface area contributed by atoms with Crippen LogP contribution in [0.3, 0.4) is 0 Å². The Kier molecular flexibility index (Phi) is 3.24. The minimum atomic E-state index is 0.673. The first kappa shape index (κ1) is 12.6. The van der Waals surface area contributed by atoms with Crippen molar-refractivity contribution in [3.05, 3.63) is 15.9 Å². The molecule has 0 radical (unpaired) electrons. The molecule has 3 atom stereocenters. The first-order chi connectivity index (χ1) is 8.58. The number of aryl methyl sites for hydroxylation is 2. The van der Waals surface area contributed by atoms with Gasteiger partial charge in [-0.1, -0.05) is 0 Å². The zero-order valence-electron chi connectivity index (χ0n) is 11.3. The number of nitrogens with zero attached hydrogens (tertiary/aromatic N) is 3. The number of nitrogens with one attached hydrogen (secondary N) is 1. The SMILES string of the molecule is Cc1nn(C)c(CN2CC3CNCC3C2C)c1Br. The normalized spacial score (nSPS) is 32.1. The summed E-state index contributed by atoms with van der Waals surface area (Å²) in [5.41, 5.74) is 2.38. The van der Waals surface area contributed by atoms with Crippen LogP contribution >= 0.6 is 15.9 Å². The first-order valence-corrected chi connectivity index (χ1v) is 7.50. The molecule has 2 fully saturated rings. The summed E-state index contributed by atoms with van der Waals surface area (Å²) in [6.07, 6.45) is 0. The van der Waals surface area contributed by atoms with Gasteiger partial charge in [-0.2, -0.15) is 5.10 Å². The largest absolute Gasteiger partial charge is 0.316 e. The van der Waals surface area contributed by atoms with Crippen molar-refractivity contribution in [1.82, 2.24) is 20.0 Å². The third-order valence-electron chi connectivity index (χ3n) is 4.67. The molecule has 2 aliphatic heterocycles. The Labute approximate surface area is 117 Å². The zero-order valence-corrected chi connectivity index (χ0v) is 12.9. The van der Waals surface area contributed by atoms with Crippen LogP contribution in [0.2, 0.25) is 0 Å². The van der Waals surface area contributed by atoms with Crippen LogP contribution in [0.5, 0.6) is 0 Å². The van der Waals surface area contributed by atoms with Crippen molar-refractivity contribution in [3.8, 4) is 0 Å². The molecule has 1 N–H and O–H groups in total. The van der Waals surface area contributed by atoms with E-state index in [0.29, 0.717) is 6.04 Å². The van der Waals surface area contributed by atoms with Gasteiger partial charge >= 0.3 is 0 Å². The lowest BCUT2D eigenvalue weighted by atomic mass is 9.95. The second-order valence-electron chi connectivity index (χ2n) is 5.72. The first-order valence-electron chi connectivity index (χ1n) is 6.70. The average Bonchev–Trinajstić information content (AvgIpc) is 2.94. The number of rotatable bonds is 2. The van der Waals surface area contributed by atoms with Gasteiger partial charge in [0, 0.05) is 26.2 Å². The second kappa shape index (κ2) is 4.62. The molecule has 1 aromatic rings. The highest BCUT2D eigenvalue weighted by molar-refractivity contribution is 9.10. The molecule has 0 amide bonds. The lowest BCUT2D eigenvalue weighted by Crippen LogP contribution is -2.33. The number of aromatic nitrogens is 2. The van der Waals surface area contributed by atoms with Gasteiger partial charge in [0.2, 0.25) is 0 Å². The van der Waals surface area contributed by atoms with E-state index < -0.39 is 0 Å². The molecule has 100 valence electrons. The maximum Gasteiger partial charge on any atom is 0.0739 e. The predicted molar refractivity (Wildman–Crippen MR) is 75.4 cm³/mol. The van der Waals surface area contributed by atoms with Crippen LogP contribution in [0.4, 0.5) is 0 Å². The highest BCUT2D eigenvalue weighted by Gasteiger charge is 2.41. The topological polar surface area (TPSA) is 33.1 Å². The Hall–Kier alpha value is -0.390. The fourth-order valence-corrected chi connectivity index (χ4v) is 3.97. The number of likely N-dealkylation sites (tertiary alicyclic amines) is 1. The van der Waals surface area contributed by atoms with E-state index in [2.05, 4.69) is 45.1 Å². The monoisotopic (exact) mass is 312 g/mol. The van der Waals surface area contributed by atoms with Crippen LogP contribution in [0.15, 0.2) is 4.47 Å². The van der Waals surface area contributed by atoms with E-state index in [4.69, 9.17) is 0 Å². The van der Waals surface area contributed by atoms with Gasteiger partial charge in [-0.25, -0.2) is 0 Å². The van der Waals surface area contributed by atoms with E-state index >= 15 is 0 Å². The van der Waals surface area contributed by atoms with Gasteiger partial charge < -0.3 is 5.32 Å². The van der Waals surface area contributed by atoms with Crippen molar-refractivity contribution < 1.29 is 0 Å². The maximum absolute atomic E-state index is 4.48. The Bertz CT molecular complexity index is 456. The molecule has 5 heteroatoms. The molecule has 0 spiro atoms. The summed E-state index contributed by atoms with van der Waals surface area (Å²) < 4.78 is 3.19. The molecule has 0 saturated carbocycles. The molecule has 3 heterocycles. The van der Waals surface area contributed by atoms with Crippen LogP contribution in [0, 0.1) is 18.8 Å². The molecule has 2 saturated heterocycles. The Balaban J connectivity index is 1.77. The molecular formula is C13H21BrN4. The minimum Gasteiger partial charge on any atom is -0.316 e. The van der Waals surface area contributed by atoms with E-state index in [1.165, 1.54) is 29.8 Å². The highest BCUT2D eigenvalue weighted by Crippen LogP contribution is 2.34. The van der Waals surface area contributed by atoms with Crippen LogP contribution in [-0.2, 0) is 13.6 Å².